The van der Waals surface area contributed by atoms with E-state index in [0.29, 0.717) is 24.6 Å². The van der Waals surface area contributed by atoms with Crippen LogP contribution in [0, 0.1) is 0 Å². The Morgan fingerprint density at radius 2 is 1.43 bits per heavy atom. The molecule has 2 amide bonds. The molecule has 1 N–H and O–H groups in total. The van der Waals surface area contributed by atoms with E-state index in [0.717, 1.165) is 29.5 Å². The molecule has 4 heteroatoms. The Morgan fingerprint density at radius 1 is 0.833 bits per heavy atom. The molecule has 0 spiro atoms. The molecule has 0 heterocycles. The fraction of sp³-hybridized carbons (Fsp3) is 0.231. The molecule has 4 rings (SSSR count). The summed E-state index contributed by atoms with van der Waals surface area (Å²) in [5, 5.41) is 2.63. The van der Waals surface area contributed by atoms with Crippen LogP contribution in [-0.2, 0) is 17.8 Å². The monoisotopic (exact) mass is 398 g/mol. The lowest BCUT2D eigenvalue weighted by Crippen LogP contribution is -2.33. The van der Waals surface area contributed by atoms with Crippen molar-refractivity contribution >= 4 is 11.8 Å². The SMILES string of the molecule is CNC(=O)c1ccc(CN(C(=O)Cc2ccc(-c3ccccc3)cc2)C2CC2)cc1. The first-order valence-electron chi connectivity index (χ1n) is 10.4. The lowest BCUT2D eigenvalue weighted by Gasteiger charge is -2.23. The first-order valence-corrected chi connectivity index (χ1v) is 10.4. The maximum Gasteiger partial charge on any atom is 0.251 e. The lowest BCUT2D eigenvalue weighted by atomic mass is 10.0. The second-order valence-electron chi connectivity index (χ2n) is 7.77. The molecule has 0 radical (unpaired) electrons. The van der Waals surface area contributed by atoms with Crippen molar-refractivity contribution in [2.75, 3.05) is 7.05 Å². The van der Waals surface area contributed by atoms with E-state index in [1.54, 1.807) is 7.05 Å². The van der Waals surface area contributed by atoms with Crippen LogP contribution >= 0.6 is 0 Å². The van der Waals surface area contributed by atoms with Gasteiger partial charge in [-0.15, -0.1) is 0 Å². The summed E-state index contributed by atoms with van der Waals surface area (Å²) >= 11 is 0. The molecular weight excluding hydrogens is 372 g/mol. The van der Waals surface area contributed by atoms with Crippen LogP contribution in [0.4, 0.5) is 0 Å². The van der Waals surface area contributed by atoms with Crippen molar-refractivity contribution < 1.29 is 9.59 Å². The molecule has 0 aromatic heterocycles. The fourth-order valence-electron chi connectivity index (χ4n) is 3.63. The topological polar surface area (TPSA) is 49.4 Å². The van der Waals surface area contributed by atoms with E-state index in [2.05, 4.69) is 29.6 Å². The first-order chi connectivity index (χ1) is 14.6. The molecule has 0 bridgehead atoms. The number of nitrogens with zero attached hydrogens (tertiary/aromatic N) is 1. The summed E-state index contributed by atoms with van der Waals surface area (Å²) in [6, 6.07) is 26.3. The Hall–Kier alpha value is -3.40. The quantitative estimate of drug-likeness (QED) is 0.639. The predicted molar refractivity (Wildman–Crippen MR) is 119 cm³/mol. The first kappa shape index (κ1) is 19.9. The molecule has 0 atom stereocenters. The van der Waals surface area contributed by atoms with E-state index < -0.39 is 0 Å². The minimum atomic E-state index is -0.101. The van der Waals surface area contributed by atoms with Crippen molar-refractivity contribution in [3.8, 4) is 11.1 Å². The van der Waals surface area contributed by atoms with E-state index in [1.165, 1.54) is 5.56 Å². The molecule has 0 unspecified atom stereocenters. The van der Waals surface area contributed by atoms with E-state index in [1.807, 2.05) is 59.5 Å². The van der Waals surface area contributed by atoms with Gasteiger partial charge in [0, 0.05) is 25.2 Å². The van der Waals surface area contributed by atoms with Crippen molar-refractivity contribution in [3.63, 3.8) is 0 Å². The molecule has 4 nitrogen and oxygen atoms in total. The summed E-state index contributed by atoms with van der Waals surface area (Å²) in [5.74, 6) is 0.0518. The molecule has 30 heavy (non-hydrogen) atoms. The number of benzene rings is 3. The highest BCUT2D eigenvalue weighted by Crippen LogP contribution is 2.29. The van der Waals surface area contributed by atoms with Crippen molar-refractivity contribution in [1.29, 1.82) is 0 Å². The zero-order valence-electron chi connectivity index (χ0n) is 17.2. The molecule has 3 aromatic carbocycles. The van der Waals surface area contributed by atoms with Crippen molar-refractivity contribution in [2.24, 2.45) is 0 Å². The average Bonchev–Trinajstić information content (AvgIpc) is 3.63. The van der Waals surface area contributed by atoms with Crippen LogP contribution in [0.25, 0.3) is 11.1 Å². The predicted octanol–water partition coefficient (Wildman–Crippen LogP) is 4.45. The van der Waals surface area contributed by atoms with Gasteiger partial charge in [0.1, 0.15) is 0 Å². The van der Waals surface area contributed by atoms with Gasteiger partial charge in [-0.05, 0) is 47.2 Å². The second-order valence-corrected chi connectivity index (χ2v) is 7.77. The Balaban J connectivity index is 1.42. The van der Waals surface area contributed by atoms with Crippen LogP contribution in [0.3, 0.4) is 0 Å². The molecule has 3 aromatic rings. The number of nitrogens with one attached hydrogen (secondary N) is 1. The average molecular weight is 399 g/mol. The summed E-state index contributed by atoms with van der Waals surface area (Å²) in [7, 11) is 1.62. The highest BCUT2D eigenvalue weighted by Gasteiger charge is 2.32. The third-order valence-electron chi connectivity index (χ3n) is 5.52. The van der Waals surface area contributed by atoms with Crippen molar-refractivity contribution in [2.45, 2.75) is 31.8 Å². The normalized spacial score (nSPS) is 13.0. The van der Waals surface area contributed by atoms with Gasteiger partial charge >= 0.3 is 0 Å². The minimum Gasteiger partial charge on any atom is -0.355 e. The maximum atomic E-state index is 13.0. The summed E-state index contributed by atoms with van der Waals surface area (Å²) in [5.41, 5.74) is 5.03. The molecule has 0 saturated heterocycles. The van der Waals surface area contributed by atoms with Gasteiger partial charge in [-0.1, -0.05) is 66.7 Å². The lowest BCUT2D eigenvalue weighted by molar-refractivity contribution is -0.131. The highest BCUT2D eigenvalue weighted by atomic mass is 16.2. The van der Waals surface area contributed by atoms with Gasteiger partial charge in [-0.2, -0.15) is 0 Å². The Bertz CT molecular complexity index is 1010. The largest absolute Gasteiger partial charge is 0.355 e. The van der Waals surface area contributed by atoms with Crippen LogP contribution in [-0.4, -0.2) is 29.8 Å². The molecule has 1 aliphatic rings. The van der Waals surface area contributed by atoms with Crippen LogP contribution in [0.15, 0.2) is 78.9 Å². The fourth-order valence-corrected chi connectivity index (χ4v) is 3.63. The van der Waals surface area contributed by atoms with E-state index in [-0.39, 0.29) is 11.8 Å². The van der Waals surface area contributed by atoms with Gasteiger partial charge in [0.15, 0.2) is 0 Å². The van der Waals surface area contributed by atoms with Crippen LogP contribution in [0.2, 0.25) is 0 Å². The van der Waals surface area contributed by atoms with Gasteiger partial charge in [0.25, 0.3) is 5.91 Å². The van der Waals surface area contributed by atoms with Crippen LogP contribution in [0.5, 0.6) is 0 Å². The minimum absolute atomic E-state index is 0.101. The Labute approximate surface area is 177 Å². The molecular formula is C26H26N2O2. The van der Waals surface area contributed by atoms with E-state index in [4.69, 9.17) is 0 Å². The summed E-state index contributed by atoms with van der Waals surface area (Å²) in [4.78, 5) is 26.7. The number of amides is 2. The van der Waals surface area contributed by atoms with E-state index >= 15 is 0 Å². The standard InChI is InChI=1S/C26H26N2O2/c1-27-26(30)23-13-9-20(10-14-23)18-28(24-15-16-24)25(29)17-19-7-11-22(12-8-19)21-5-3-2-4-6-21/h2-14,24H,15-18H2,1H3,(H,27,30). The Morgan fingerprint density at radius 3 is 2.03 bits per heavy atom. The van der Waals surface area contributed by atoms with Crippen molar-refractivity contribution in [3.05, 3.63) is 95.6 Å². The van der Waals surface area contributed by atoms with Crippen LogP contribution < -0.4 is 5.32 Å². The molecule has 1 saturated carbocycles. The van der Waals surface area contributed by atoms with Gasteiger partial charge in [0.2, 0.25) is 5.91 Å². The number of hydrogen-bond acceptors (Lipinski definition) is 2. The third-order valence-corrected chi connectivity index (χ3v) is 5.52. The molecule has 0 aliphatic heterocycles. The van der Waals surface area contributed by atoms with Gasteiger partial charge < -0.3 is 10.2 Å². The second kappa shape index (κ2) is 8.95. The van der Waals surface area contributed by atoms with E-state index in [9.17, 15) is 9.59 Å². The molecule has 152 valence electrons. The van der Waals surface area contributed by atoms with Gasteiger partial charge in [-0.25, -0.2) is 0 Å². The summed E-state index contributed by atoms with van der Waals surface area (Å²) in [6.07, 6.45) is 2.53. The number of hydrogen-bond donors (Lipinski definition) is 1. The Kier molecular flexibility index (Phi) is 5.94. The maximum absolute atomic E-state index is 13.0. The smallest absolute Gasteiger partial charge is 0.251 e. The number of carbonyl (C=O) groups excluding carboxylic acids is 2. The van der Waals surface area contributed by atoms with Crippen LogP contribution in [0.1, 0.15) is 34.3 Å². The highest BCUT2D eigenvalue weighted by molar-refractivity contribution is 5.94. The zero-order chi connectivity index (χ0) is 20.9. The molecule has 1 aliphatic carbocycles. The number of carbonyl (C=O) groups is 2. The van der Waals surface area contributed by atoms with Gasteiger partial charge in [0.05, 0.1) is 6.42 Å². The molecule has 1 fully saturated rings. The zero-order valence-corrected chi connectivity index (χ0v) is 17.2. The third kappa shape index (κ3) is 4.77. The summed E-state index contributed by atoms with van der Waals surface area (Å²) < 4.78 is 0. The number of rotatable bonds is 7. The summed E-state index contributed by atoms with van der Waals surface area (Å²) in [6.45, 7) is 0.583. The van der Waals surface area contributed by atoms with Gasteiger partial charge in [-0.3, -0.25) is 9.59 Å². The van der Waals surface area contributed by atoms with Crippen molar-refractivity contribution in [1.82, 2.24) is 10.2 Å².